The normalized spacial score (nSPS) is 17.4. The van der Waals surface area contributed by atoms with Gasteiger partial charge in [-0.05, 0) is 38.2 Å². The Morgan fingerprint density at radius 2 is 2.10 bits per heavy atom. The number of phenolic OH excluding ortho intramolecular Hbond substituents is 1. The molecule has 1 aliphatic heterocycles. The van der Waals surface area contributed by atoms with Gasteiger partial charge in [-0.1, -0.05) is 11.3 Å². The summed E-state index contributed by atoms with van der Waals surface area (Å²) in [5.41, 5.74) is 0.944. The summed E-state index contributed by atoms with van der Waals surface area (Å²) in [4.78, 5) is 9.43. The van der Waals surface area contributed by atoms with Crippen molar-refractivity contribution < 1.29 is 5.11 Å². The highest BCUT2D eigenvalue weighted by Gasteiger charge is 2.12. The van der Waals surface area contributed by atoms with Crippen molar-refractivity contribution in [3.63, 3.8) is 0 Å². The number of nitrogens with zero attached hydrogens (tertiary/aromatic N) is 3. The first-order chi connectivity index (χ1) is 10.2. The van der Waals surface area contributed by atoms with Crippen LogP contribution in [0, 0.1) is 0 Å². The molecule has 5 nitrogen and oxygen atoms in total. The lowest BCUT2D eigenvalue weighted by Crippen LogP contribution is -2.44. The fraction of sp³-hybridized carbons (Fsp3) is 0.533. The van der Waals surface area contributed by atoms with Crippen LogP contribution in [0.1, 0.15) is 6.42 Å². The van der Waals surface area contributed by atoms with Crippen molar-refractivity contribution in [1.29, 1.82) is 0 Å². The average molecular weight is 306 g/mol. The molecule has 2 heterocycles. The molecule has 1 saturated heterocycles. The van der Waals surface area contributed by atoms with Gasteiger partial charge in [0.05, 0.1) is 10.2 Å². The molecule has 1 aliphatic rings. The predicted octanol–water partition coefficient (Wildman–Crippen LogP) is 2.05. The fourth-order valence-electron chi connectivity index (χ4n) is 2.56. The van der Waals surface area contributed by atoms with E-state index in [1.54, 1.807) is 23.5 Å². The number of aromatic nitrogens is 1. The van der Waals surface area contributed by atoms with E-state index in [0.29, 0.717) is 5.75 Å². The first-order valence-corrected chi connectivity index (χ1v) is 8.27. The van der Waals surface area contributed by atoms with Crippen LogP contribution in [0.4, 0.5) is 5.13 Å². The average Bonchev–Trinajstić information content (AvgIpc) is 2.87. The minimum Gasteiger partial charge on any atom is -0.508 e. The van der Waals surface area contributed by atoms with Gasteiger partial charge in [0, 0.05) is 32.7 Å². The zero-order valence-corrected chi connectivity index (χ0v) is 13.2. The number of piperazine rings is 1. The summed E-state index contributed by atoms with van der Waals surface area (Å²) in [6, 6.07) is 5.30. The van der Waals surface area contributed by atoms with Gasteiger partial charge in [0.25, 0.3) is 0 Å². The zero-order valence-electron chi connectivity index (χ0n) is 12.4. The van der Waals surface area contributed by atoms with Gasteiger partial charge in [0.1, 0.15) is 5.75 Å². The largest absolute Gasteiger partial charge is 0.508 e. The molecule has 6 heteroatoms. The number of rotatable bonds is 5. The van der Waals surface area contributed by atoms with Crippen LogP contribution in [-0.2, 0) is 0 Å². The van der Waals surface area contributed by atoms with Crippen molar-refractivity contribution in [3.05, 3.63) is 18.2 Å². The van der Waals surface area contributed by atoms with E-state index >= 15 is 0 Å². The first kappa shape index (κ1) is 14.6. The molecule has 21 heavy (non-hydrogen) atoms. The van der Waals surface area contributed by atoms with Crippen molar-refractivity contribution in [2.75, 3.05) is 51.6 Å². The minimum absolute atomic E-state index is 0.299. The third-order valence-corrected chi connectivity index (χ3v) is 4.87. The maximum absolute atomic E-state index is 9.47. The molecule has 0 atom stereocenters. The summed E-state index contributed by atoms with van der Waals surface area (Å²) in [6.07, 6.45) is 1.13. The molecule has 0 amide bonds. The van der Waals surface area contributed by atoms with E-state index in [1.165, 1.54) is 26.2 Å². The molecule has 114 valence electrons. The van der Waals surface area contributed by atoms with Crippen molar-refractivity contribution in [1.82, 2.24) is 14.8 Å². The lowest BCUT2D eigenvalue weighted by atomic mass is 10.3. The molecule has 3 rings (SSSR count). The van der Waals surface area contributed by atoms with Crippen molar-refractivity contribution in [2.45, 2.75) is 6.42 Å². The van der Waals surface area contributed by atoms with Crippen LogP contribution in [0.25, 0.3) is 10.2 Å². The Morgan fingerprint density at radius 3 is 2.90 bits per heavy atom. The number of fused-ring (bicyclic) bond motifs is 1. The molecular formula is C15H22N4OS. The number of hydrogen-bond donors (Lipinski definition) is 2. The number of aromatic hydroxyl groups is 1. The summed E-state index contributed by atoms with van der Waals surface area (Å²) in [7, 11) is 2.18. The highest BCUT2D eigenvalue weighted by Crippen LogP contribution is 2.28. The Labute approximate surface area is 129 Å². The number of likely N-dealkylation sites (N-methyl/N-ethyl adjacent to an activating group) is 1. The second-order valence-electron chi connectivity index (χ2n) is 5.60. The van der Waals surface area contributed by atoms with Crippen molar-refractivity contribution in [3.8, 4) is 5.75 Å². The molecule has 1 aromatic carbocycles. The van der Waals surface area contributed by atoms with Crippen LogP contribution in [-0.4, -0.2) is 66.2 Å². The van der Waals surface area contributed by atoms with Gasteiger partial charge < -0.3 is 20.2 Å². The van der Waals surface area contributed by atoms with Crippen molar-refractivity contribution in [2.24, 2.45) is 0 Å². The Balaban J connectivity index is 1.44. The summed E-state index contributed by atoms with van der Waals surface area (Å²) in [5, 5.41) is 13.8. The van der Waals surface area contributed by atoms with E-state index in [0.717, 1.165) is 34.9 Å². The number of anilines is 1. The van der Waals surface area contributed by atoms with E-state index in [2.05, 4.69) is 27.1 Å². The fourth-order valence-corrected chi connectivity index (χ4v) is 3.48. The number of nitrogens with one attached hydrogen (secondary N) is 1. The van der Waals surface area contributed by atoms with Crippen molar-refractivity contribution >= 4 is 26.7 Å². The Bertz CT molecular complexity index is 592. The summed E-state index contributed by atoms with van der Waals surface area (Å²) in [5.74, 6) is 0.299. The topological polar surface area (TPSA) is 51.6 Å². The van der Waals surface area contributed by atoms with Crippen LogP contribution in [0.15, 0.2) is 18.2 Å². The predicted molar refractivity (Wildman–Crippen MR) is 88.3 cm³/mol. The van der Waals surface area contributed by atoms with E-state index < -0.39 is 0 Å². The smallest absolute Gasteiger partial charge is 0.183 e. The molecule has 2 aromatic rings. The van der Waals surface area contributed by atoms with Gasteiger partial charge in [0.2, 0.25) is 0 Å². The minimum atomic E-state index is 0.299. The first-order valence-electron chi connectivity index (χ1n) is 7.45. The molecular weight excluding hydrogens is 284 g/mol. The van der Waals surface area contributed by atoms with E-state index in [4.69, 9.17) is 0 Å². The third kappa shape index (κ3) is 3.84. The van der Waals surface area contributed by atoms with E-state index in [9.17, 15) is 5.11 Å². The standard InChI is InChI=1S/C15H22N4OS/c1-18-7-9-19(10-8-18)6-2-5-16-15-17-13-4-3-12(20)11-14(13)21-15/h3-4,11,20H,2,5-10H2,1H3,(H,16,17). The van der Waals surface area contributed by atoms with Crippen LogP contribution in [0.2, 0.25) is 0 Å². The maximum Gasteiger partial charge on any atom is 0.183 e. The Morgan fingerprint density at radius 1 is 1.29 bits per heavy atom. The van der Waals surface area contributed by atoms with Gasteiger partial charge >= 0.3 is 0 Å². The van der Waals surface area contributed by atoms with Crippen LogP contribution < -0.4 is 5.32 Å². The lowest BCUT2D eigenvalue weighted by Gasteiger charge is -2.32. The van der Waals surface area contributed by atoms with Gasteiger partial charge in [-0.15, -0.1) is 0 Å². The Kier molecular flexibility index (Phi) is 4.57. The summed E-state index contributed by atoms with van der Waals surface area (Å²) < 4.78 is 1.02. The molecule has 2 N–H and O–H groups in total. The number of hydrogen-bond acceptors (Lipinski definition) is 6. The van der Waals surface area contributed by atoms with E-state index in [1.807, 2.05) is 6.07 Å². The monoisotopic (exact) mass is 306 g/mol. The quantitative estimate of drug-likeness (QED) is 0.828. The zero-order chi connectivity index (χ0) is 14.7. The summed E-state index contributed by atoms with van der Waals surface area (Å²) >= 11 is 1.60. The lowest BCUT2D eigenvalue weighted by molar-refractivity contribution is 0.154. The highest BCUT2D eigenvalue weighted by molar-refractivity contribution is 7.22. The van der Waals surface area contributed by atoms with E-state index in [-0.39, 0.29) is 0 Å². The second kappa shape index (κ2) is 6.60. The van der Waals surface area contributed by atoms with Gasteiger partial charge in [0.15, 0.2) is 5.13 Å². The molecule has 1 fully saturated rings. The number of thiazole rings is 1. The molecule has 0 spiro atoms. The van der Waals surface area contributed by atoms with Crippen LogP contribution in [0.5, 0.6) is 5.75 Å². The molecule has 0 bridgehead atoms. The summed E-state index contributed by atoms with van der Waals surface area (Å²) in [6.45, 7) is 6.79. The Hall–Kier alpha value is -1.37. The number of phenols is 1. The number of benzene rings is 1. The highest BCUT2D eigenvalue weighted by atomic mass is 32.1. The van der Waals surface area contributed by atoms with Gasteiger partial charge in [-0.25, -0.2) is 4.98 Å². The third-order valence-electron chi connectivity index (χ3n) is 3.90. The molecule has 1 aromatic heterocycles. The van der Waals surface area contributed by atoms with Gasteiger partial charge in [-0.2, -0.15) is 0 Å². The van der Waals surface area contributed by atoms with Gasteiger partial charge in [-0.3, -0.25) is 0 Å². The van der Waals surface area contributed by atoms with Crippen LogP contribution >= 0.6 is 11.3 Å². The molecule has 0 radical (unpaired) electrons. The maximum atomic E-state index is 9.47. The molecule has 0 unspecified atom stereocenters. The SMILES string of the molecule is CN1CCN(CCCNc2nc3ccc(O)cc3s2)CC1. The molecule has 0 aliphatic carbocycles. The second-order valence-corrected chi connectivity index (χ2v) is 6.63. The van der Waals surface area contributed by atoms with Crippen LogP contribution in [0.3, 0.4) is 0 Å². The molecule has 0 saturated carbocycles.